The third-order valence-electron chi connectivity index (χ3n) is 7.26. The number of alkyl halides is 3. The molecule has 2 N–H and O–H groups in total. The largest absolute Gasteiger partial charge is 0.416 e. The predicted octanol–water partition coefficient (Wildman–Crippen LogP) is 4.66. The second-order valence-electron chi connectivity index (χ2n) is 11.5. The van der Waals surface area contributed by atoms with Gasteiger partial charge in [0, 0.05) is 56.3 Å². The van der Waals surface area contributed by atoms with Crippen LogP contribution in [0.5, 0.6) is 0 Å². The number of rotatable bonds is 7. The monoisotopic (exact) mass is 578 g/mol. The number of benzene rings is 2. The summed E-state index contributed by atoms with van der Waals surface area (Å²) in [6.45, 7) is 7.72. The Hall–Kier alpha value is -2.60. The Labute approximate surface area is 234 Å². The van der Waals surface area contributed by atoms with Crippen LogP contribution in [0.25, 0.3) is 0 Å². The van der Waals surface area contributed by atoms with E-state index in [1.54, 1.807) is 6.21 Å². The minimum absolute atomic E-state index is 0.00764. The van der Waals surface area contributed by atoms with Crippen molar-refractivity contribution in [1.82, 2.24) is 14.9 Å². The molecule has 1 aliphatic heterocycles. The molecule has 7 nitrogen and oxygen atoms in total. The number of piperazine rings is 1. The molecule has 1 fully saturated rings. The molecule has 2 aromatic carbocycles. The summed E-state index contributed by atoms with van der Waals surface area (Å²) in [7, 11) is -4.25. The van der Waals surface area contributed by atoms with E-state index in [0.29, 0.717) is 12.6 Å². The number of carbonyl (C=O) groups excluding carboxylic acids is 1. The lowest BCUT2D eigenvalue weighted by Crippen LogP contribution is -2.54. The molecule has 218 valence electrons. The summed E-state index contributed by atoms with van der Waals surface area (Å²) in [6, 6.07) is 9.34. The number of fused-ring (bicyclic) bond motifs is 1. The van der Waals surface area contributed by atoms with Crippen LogP contribution >= 0.6 is 0 Å². The van der Waals surface area contributed by atoms with Crippen molar-refractivity contribution in [3.05, 3.63) is 64.7 Å². The Morgan fingerprint density at radius 2 is 1.95 bits per heavy atom. The van der Waals surface area contributed by atoms with Crippen molar-refractivity contribution in [2.24, 2.45) is 4.99 Å². The number of sulfonamides is 1. The maximum Gasteiger partial charge on any atom is 0.416 e. The zero-order valence-electron chi connectivity index (χ0n) is 23.1. The summed E-state index contributed by atoms with van der Waals surface area (Å²) in [6.07, 6.45) is -0.364. The summed E-state index contributed by atoms with van der Waals surface area (Å²) < 4.78 is 67.3. The van der Waals surface area contributed by atoms with E-state index in [1.165, 1.54) is 11.1 Å². The molecule has 0 radical (unpaired) electrons. The number of aliphatic imine (C=N–C) groups is 1. The van der Waals surface area contributed by atoms with E-state index in [9.17, 15) is 26.4 Å². The maximum atomic E-state index is 13.3. The minimum Gasteiger partial charge on any atom is -0.314 e. The third kappa shape index (κ3) is 7.57. The summed E-state index contributed by atoms with van der Waals surface area (Å²) in [5.74, 6) is -0.470. The Bertz CT molecular complexity index is 1350. The molecule has 1 heterocycles. The lowest BCUT2D eigenvalue weighted by atomic mass is 9.82. The number of nitrogens with one attached hydrogen (secondary N) is 2. The zero-order chi connectivity index (χ0) is 29.1. The van der Waals surface area contributed by atoms with Gasteiger partial charge in [-0.1, -0.05) is 24.3 Å². The van der Waals surface area contributed by atoms with Gasteiger partial charge in [-0.25, -0.2) is 13.4 Å². The van der Waals surface area contributed by atoms with Crippen molar-refractivity contribution in [1.29, 1.82) is 0 Å². The second kappa shape index (κ2) is 12.1. The van der Waals surface area contributed by atoms with Gasteiger partial charge < -0.3 is 10.6 Å². The van der Waals surface area contributed by atoms with Gasteiger partial charge in [0.15, 0.2) is 0 Å². The summed E-state index contributed by atoms with van der Waals surface area (Å²) >= 11 is 0. The molecule has 11 heteroatoms. The van der Waals surface area contributed by atoms with Crippen molar-refractivity contribution in [2.75, 3.05) is 19.6 Å². The molecule has 40 heavy (non-hydrogen) atoms. The first kappa shape index (κ1) is 30.4. The van der Waals surface area contributed by atoms with E-state index in [1.807, 2.05) is 0 Å². The van der Waals surface area contributed by atoms with E-state index in [0.717, 1.165) is 53.9 Å². The Kier molecular flexibility index (Phi) is 9.18. The summed E-state index contributed by atoms with van der Waals surface area (Å²) in [5.41, 5.74) is 2.58. The van der Waals surface area contributed by atoms with Crippen LogP contribution in [0.3, 0.4) is 0 Å². The number of hydrogen-bond donors (Lipinski definition) is 2. The molecule has 2 unspecified atom stereocenters. The van der Waals surface area contributed by atoms with Crippen molar-refractivity contribution >= 4 is 22.1 Å². The quantitative estimate of drug-likeness (QED) is 0.467. The molecule has 2 aromatic rings. The van der Waals surface area contributed by atoms with Gasteiger partial charge >= 0.3 is 6.18 Å². The summed E-state index contributed by atoms with van der Waals surface area (Å²) in [5, 5.41) is 6.57. The van der Waals surface area contributed by atoms with Crippen LogP contribution in [-0.4, -0.2) is 56.1 Å². The van der Waals surface area contributed by atoms with Crippen molar-refractivity contribution in [3.63, 3.8) is 0 Å². The standard InChI is InChI=1S/C29H37F3N4O3S/c1-28(2,3)35-17-20-10-11-26-21(14-20)6-4-7-22(26)18-34-27(37)16-24-19-33-12-13-36(24)40(38,39)25-9-5-8-23(15-25)29(30,31)32/h5,8-11,14-15,18,22,24,33,35H,4,6-7,12-13,16-17,19H2,1-3H3. The van der Waals surface area contributed by atoms with Crippen molar-refractivity contribution in [2.45, 2.75) is 81.6 Å². The predicted molar refractivity (Wildman–Crippen MR) is 149 cm³/mol. The van der Waals surface area contributed by atoms with Crippen LogP contribution in [0, 0.1) is 0 Å². The molecule has 2 atom stereocenters. The molecule has 0 saturated carbocycles. The number of amides is 1. The average Bonchev–Trinajstić information content (AvgIpc) is 2.90. The highest BCUT2D eigenvalue weighted by atomic mass is 32.2. The van der Waals surface area contributed by atoms with E-state index in [2.05, 4.69) is 54.6 Å². The zero-order valence-corrected chi connectivity index (χ0v) is 23.9. The molecule has 4 rings (SSSR count). The fourth-order valence-corrected chi connectivity index (χ4v) is 6.84. The number of hydrogen-bond acceptors (Lipinski definition) is 5. The minimum atomic E-state index is -4.66. The van der Waals surface area contributed by atoms with Crippen LogP contribution in [0.4, 0.5) is 13.2 Å². The highest BCUT2D eigenvalue weighted by Gasteiger charge is 2.37. The lowest BCUT2D eigenvalue weighted by molar-refractivity contribution is -0.137. The Morgan fingerprint density at radius 1 is 1.18 bits per heavy atom. The second-order valence-corrected chi connectivity index (χ2v) is 13.4. The molecular formula is C29H37F3N4O3S. The van der Waals surface area contributed by atoms with Gasteiger partial charge in [0.2, 0.25) is 15.9 Å². The summed E-state index contributed by atoms with van der Waals surface area (Å²) in [4.78, 5) is 16.6. The number of nitrogens with zero attached hydrogens (tertiary/aromatic N) is 2. The molecule has 0 bridgehead atoms. The van der Waals surface area contributed by atoms with Crippen molar-refractivity contribution < 1.29 is 26.4 Å². The van der Waals surface area contributed by atoms with E-state index >= 15 is 0 Å². The molecule has 1 amide bonds. The van der Waals surface area contributed by atoms with Gasteiger partial charge in [-0.05, 0) is 74.9 Å². The van der Waals surface area contributed by atoms with Gasteiger partial charge in [0.25, 0.3) is 0 Å². The molecule has 0 aromatic heterocycles. The molecular weight excluding hydrogens is 541 g/mol. The fraction of sp³-hybridized carbons (Fsp3) is 0.517. The SMILES string of the molecule is CC(C)(C)NCc1ccc2c(c1)CCCC2C=NC(=O)CC1CNCCN1S(=O)(=O)c1cccc(C(F)(F)F)c1. The number of aryl methyl sites for hydroxylation is 1. The van der Waals surface area contributed by atoms with Gasteiger partial charge in [-0.2, -0.15) is 17.5 Å². The smallest absolute Gasteiger partial charge is 0.314 e. The molecule has 1 aliphatic carbocycles. The van der Waals surface area contributed by atoms with Crippen LogP contribution < -0.4 is 10.6 Å². The average molecular weight is 579 g/mol. The number of carbonyl (C=O) groups is 1. The van der Waals surface area contributed by atoms with Gasteiger partial charge in [-0.15, -0.1) is 0 Å². The molecule has 0 spiro atoms. The topological polar surface area (TPSA) is 90.9 Å². The first-order valence-corrected chi connectivity index (χ1v) is 15.0. The highest BCUT2D eigenvalue weighted by molar-refractivity contribution is 7.89. The molecule has 2 aliphatic rings. The Morgan fingerprint density at radius 3 is 2.67 bits per heavy atom. The Balaban J connectivity index is 1.45. The maximum absolute atomic E-state index is 13.3. The van der Waals surface area contributed by atoms with Gasteiger partial charge in [-0.3, -0.25) is 4.79 Å². The van der Waals surface area contributed by atoms with E-state index in [-0.39, 0.29) is 31.0 Å². The lowest BCUT2D eigenvalue weighted by Gasteiger charge is -2.34. The normalized spacial score (nSPS) is 20.9. The first-order chi connectivity index (χ1) is 18.7. The van der Waals surface area contributed by atoms with Crippen LogP contribution in [0.2, 0.25) is 0 Å². The van der Waals surface area contributed by atoms with E-state index in [4.69, 9.17) is 0 Å². The van der Waals surface area contributed by atoms with E-state index < -0.39 is 38.6 Å². The third-order valence-corrected chi connectivity index (χ3v) is 9.21. The van der Waals surface area contributed by atoms with Crippen LogP contribution in [0.15, 0.2) is 52.4 Å². The fourth-order valence-electron chi connectivity index (χ4n) is 5.17. The highest BCUT2D eigenvalue weighted by Crippen LogP contribution is 2.33. The van der Waals surface area contributed by atoms with Gasteiger partial charge in [0.05, 0.1) is 10.5 Å². The molecule has 1 saturated heterocycles. The van der Waals surface area contributed by atoms with Crippen LogP contribution in [0.1, 0.15) is 68.2 Å². The number of halogens is 3. The van der Waals surface area contributed by atoms with Crippen LogP contribution in [-0.2, 0) is 34.0 Å². The first-order valence-electron chi connectivity index (χ1n) is 13.6. The van der Waals surface area contributed by atoms with Crippen molar-refractivity contribution in [3.8, 4) is 0 Å². The van der Waals surface area contributed by atoms with Gasteiger partial charge in [0.1, 0.15) is 0 Å².